The first-order valence-corrected chi connectivity index (χ1v) is 7.39. The van der Waals surface area contributed by atoms with Crippen LogP contribution in [-0.4, -0.2) is 42.5 Å². The third kappa shape index (κ3) is 2.04. The molecule has 1 aliphatic heterocycles. The van der Waals surface area contributed by atoms with E-state index in [2.05, 4.69) is 10.1 Å². The summed E-state index contributed by atoms with van der Waals surface area (Å²) in [5.41, 5.74) is 6.25. The number of halogens is 3. The second kappa shape index (κ2) is 5.04. The number of aromatic nitrogens is 3. The van der Waals surface area contributed by atoms with Crippen LogP contribution in [0.5, 0.6) is 0 Å². The predicted molar refractivity (Wildman–Crippen MR) is 74.8 cm³/mol. The Kier molecular flexibility index (Phi) is 3.50. The van der Waals surface area contributed by atoms with E-state index in [1.807, 2.05) is 22.6 Å². The third-order valence-electron chi connectivity index (χ3n) is 3.30. The van der Waals surface area contributed by atoms with Crippen LogP contribution in [0.1, 0.15) is 11.8 Å². The SMILES string of the molecule is Nc1nc(F)nn2c(C3O[C@H](CI)[C@@H](O)[C@H]3F)ccc12. The number of aliphatic hydroxyl groups excluding tert-OH is 1. The van der Waals surface area contributed by atoms with Crippen molar-refractivity contribution < 1.29 is 18.6 Å². The molecule has 0 saturated carbocycles. The van der Waals surface area contributed by atoms with Crippen molar-refractivity contribution in [3.8, 4) is 0 Å². The van der Waals surface area contributed by atoms with Gasteiger partial charge in [-0.3, -0.25) is 0 Å². The molecule has 2 aromatic heterocycles. The number of hydrogen-bond acceptors (Lipinski definition) is 5. The van der Waals surface area contributed by atoms with Crippen LogP contribution < -0.4 is 5.73 Å². The smallest absolute Gasteiger partial charge is 0.327 e. The number of fused-ring (bicyclic) bond motifs is 1. The highest BCUT2D eigenvalue weighted by Gasteiger charge is 2.45. The standard InChI is InChI=1S/C11H11F2IN4O2/c12-7-8(19)6(3-14)20-9(7)4-1-2-5-10(15)16-11(13)17-18(4)5/h1-2,6-9,19H,3H2,(H2,15,16,17)/t6-,7-,8-,9?/m1/s1. The van der Waals surface area contributed by atoms with E-state index in [1.54, 1.807) is 12.1 Å². The van der Waals surface area contributed by atoms with Gasteiger partial charge in [0.05, 0.1) is 11.8 Å². The van der Waals surface area contributed by atoms with E-state index < -0.39 is 30.6 Å². The van der Waals surface area contributed by atoms with E-state index in [9.17, 15) is 13.9 Å². The molecule has 1 unspecified atom stereocenters. The highest BCUT2D eigenvalue weighted by atomic mass is 127. The summed E-state index contributed by atoms with van der Waals surface area (Å²) in [7, 11) is 0. The van der Waals surface area contributed by atoms with E-state index in [0.717, 1.165) is 4.52 Å². The number of hydrogen-bond donors (Lipinski definition) is 2. The minimum Gasteiger partial charge on any atom is -0.387 e. The van der Waals surface area contributed by atoms with Gasteiger partial charge >= 0.3 is 6.08 Å². The van der Waals surface area contributed by atoms with Crippen molar-refractivity contribution in [3.05, 3.63) is 23.9 Å². The molecule has 20 heavy (non-hydrogen) atoms. The molecule has 0 aliphatic carbocycles. The van der Waals surface area contributed by atoms with Crippen LogP contribution in [0.25, 0.3) is 5.52 Å². The van der Waals surface area contributed by atoms with E-state index in [-0.39, 0.29) is 5.82 Å². The van der Waals surface area contributed by atoms with Gasteiger partial charge in [-0.15, -0.1) is 5.10 Å². The topological polar surface area (TPSA) is 85.7 Å². The molecule has 3 N–H and O–H groups in total. The van der Waals surface area contributed by atoms with Crippen molar-refractivity contribution in [2.24, 2.45) is 0 Å². The Morgan fingerprint density at radius 1 is 1.50 bits per heavy atom. The number of nitrogens with two attached hydrogens (primary N) is 1. The number of nitrogens with zero attached hydrogens (tertiary/aromatic N) is 3. The molecule has 1 aliphatic rings. The van der Waals surface area contributed by atoms with Gasteiger partial charge in [-0.25, -0.2) is 8.91 Å². The molecule has 0 spiro atoms. The molecule has 6 nitrogen and oxygen atoms in total. The van der Waals surface area contributed by atoms with Gasteiger partial charge in [-0.1, -0.05) is 22.6 Å². The molecule has 3 rings (SSSR count). The fourth-order valence-electron chi connectivity index (χ4n) is 2.32. The molecule has 0 amide bonds. The minimum absolute atomic E-state index is 0.0388. The van der Waals surface area contributed by atoms with Crippen molar-refractivity contribution >= 4 is 33.9 Å². The summed E-state index contributed by atoms with van der Waals surface area (Å²) in [6.07, 6.45) is -5.45. The molecule has 1 fully saturated rings. The third-order valence-corrected chi connectivity index (χ3v) is 4.17. The number of aliphatic hydroxyl groups is 1. The van der Waals surface area contributed by atoms with Gasteiger partial charge in [0.15, 0.2) is 12.0 Å². The maximum absolute atomic E-state index is 14.2. The molecule has 108 valence electrons. The Labute approximate surface area is 126 Å². The molecular weight excluding hydrogens is 385 g/mol. The minimum atomic E-state index is -1.60. The summed E-state index contributed by atoms with van der Waals surface area (Å²) in [5.74, 6) is -0.0388. The molecule has 0 bridgehead atoms. The van der Waals surface area contributed by atoms with Crippen molar-refractivity contribution in [3.63, 3.8) is 0 Å². The van der Waals surface area contributed by atoms with Crippen molar-refractivity contribution in [1.29, 1.82) is 0 Å². The molecule has 9 heteroatoms. The predicted octanol–water partition coefficient (Wildman–Crippen LogP) is 1.02. The van der Waals surface area contributed by atoms with Crippen molar-refractivity contribution in [2.45, 2.75) is 24.5 Å². The average molecular weight is 396 g/mol. The number of alkyl halides is 2. The van der Waals surface area contributed by atoms with Crippen LogP contribution in [0.2, 0.25) is 0 Å². The van der Waals surface area contributed by atoms with E-state index in [1.165, 1.54) is 0 Å². The monoisotopic (exact) mass is 396 g/mol. The van der Waals surface area contributed by atoms with Gasteiger partial charge in [-0.2, -0.15) is 9.37 Å². The van der Waals surface area contributed by atoms with E-state index in [0.29, 0.717) is 15.6 Å². The molecule has 1 saturated heterocycles. The van der Waals surface area contributed by atoms with Gasteiger partial charge in [0.25, 0.3) is 0 Å². The Morgan fingerprint density at radius 3 is 2.90 bits per heavy atom. The number of nitrogen functional groups attached to an aromatic ring is 1. The first kappa shape index (κ1) is 13.9. The van der Waals surface area contributed by atoms with Crippen LogP contribution >= 0.6 is 22.6 Å². The number of rotatable bonds is 2. The first-order chi connectivity index (χ1) is 9.52. The summed E-state index contributed by atoms with van der Waals surface area (Å²) in [5, 5.41) is 13.3. The second-order valence-corrected chi connectivity index (χ2v) is 5.39. The van der Waals surface area contributed by atoms with Crippen molar-refractivity contribution in [1.82, 2.24) is 14.6 Å². The normalized spacial score (nSPS) is 30.2. The summed E-state index contributed by atoms with van der Waals surface area (Å²) < 4.78 is 34.5. The van der Waals surface area contributed by atoms with Gasteiger partial charge in [0.1, 0.15) is 17.7 Å². The summed E-state index contributed by atoms with van der Waals surface area (Å²) in [6.45, 7) is 0. The molecule has 0 radical (unpaired) electrons. The average Bonchev–Trinajstić information content (AvgIpc) is 2.93. The van der Waals surface area contributed by atoms with Crippen LogP contribution in [-0.2, 0) is 4.74 Å². The largest absolute Gasteiger partial charge is 0.387 e. The maximum Gasteiger partial charge on any atom is 0.327 e. The van der Waals surface area contributed by atoms with Gasteiger partial charge in [-0.05, 0) is 12.1 Å². The lowest BCUT2D eigenvalue weighted by Crippen LogP contribution is -2.28. The molecule has 2 aromatic rings. The zero-order valence-corrected chi connectivity index (χ0v) is 12.2. The van der Waals surface area contributed by atoms with Gasteiger partial charge in [0, 0.05) is 4.43 Å². The van der Waals surface area contributed by atoms with Crippen LogP contribution in [0, 0.1) is 6.08 Å². The number of anilines is 1. The Balaban J connectivity index is 2.07. The van der Waals surface area contributed by atoms with Gasteiger partial charge < -0.3 is 15.6 Å². The summed E-state index contributed by atoms with van der Waals surface area (Å²) >= 11 is 2.01. The van der Waals surface area contributed by atoms with E-state index in [4.69, 9.17) is 10.5 Å². The van der Waals surface area contributed by atoms with Crippen molar-refractivity contribution in [2.75, 3.05) is 10.2 Å². The Morgan fingerprint density at radius 2 is 2.25 bits per heavy atom. The zero-order chi connectivity index (χ0) is 14.4. The van der Waals surface area contributed by atoms with Crippen LogP contribution in [0.15, 0.2) is 12.1 Å². The first-order valence-electron chi connectivity index (χ1n) is 5.87. The molecular formula is C11H11F2IN4O2. The Bertz CT molecular complexity index is 653. The zero-order valence-electron chi connectivity index (χ0n) is 10.1. The highest BCUT2D eigenvalue weighted by molar-refractivity contribution is 14.1. The molecule has 4 atom stereocenters. The quantitative estimate of drug-likeness (QED) is 0.585. The molecule has 3 heterocycles. The van der Waals surface area contributed by atoms with Crippen LogP contribution in [0.3, 0.4) is 0 Å². The Hall–Kier alpha value is -1.07. The highest BCUT2D eigenvalue weighted by Crippen LogP contribution is 2.37. The van der Waals surface area contributed by atoms with Gasteiger partial charge in [0.2, 0.25) is 0 Å². The molecule has 0 aromatic carbocycles. The lowest BCUT2D eigenvalue weighted by molar-refractivity contribution is 0.0231. The lowest BCUT2D eigenvalue weighted by Gasteiger charge is -2.12. The summed E-state index contributed by atoms with van der Waals surface area (Å²) in [4.78, 5) is 3.40. The second-order valence-electron chi connectivity index (χ2n) is 4.51. The lowest BCUT2D eigenvalue weighted by atomic mass is 10.1. The number of ether oxygens (including phenoxy) is 1. The van der Waals surface area contributed by atoms with E-state index >= 15 is 0 Å². The van der Waals surface area contributed by atoms with Crippen LogP contribution in [0.4, 0.5) is 14.6 Å². The fraction of sp³-hybridized carbons (Fsp3) is 0.455. The maximum atomic E-state index is 14.2. The summed E-state index contributed by atoms with van der Waals surface area (Å²) in [6, 6.07) is 3.10. The fourth-order valence-corrected chi connectivity index (χ4v) is 3.04.